The van der Waals surface area contributed by atoms with E-state index in [-0.39, 0.29) is 17.6 Å². The SMILES string of the molecule is CNC(=O)c1cc(Oc2cccc(NC(=O)N3CC=C(c4ncnc5[nH]cc(C)c45)CC3)c2)ccn1. The van der Waals surface area contributed by atoms with Crippen molar-refractivity contribution < 1.29 is 14.3 Å². The zero-order chi connectivity index (χ0) is 25.1. The van der Waals surface area contributed by atoms with E-state index in [9.17, 15) is 9.59 Å². The fourth-order valence-electron chi connectivity index (χ4n) is 4.13. The van der Waals surface area contributed by atoms with Gasteiger partial charge in [0.1, 0.15) is 29.2 Å². The molecule has 182 valence electrons. The van der Waals surface area contributed by atoms with Crippen molar-refractivity contribution in [3.8, 4) is 11.5 Å². The van der Waals surface area contributed by atoms with Crippen LogP contribution in [0.25, 0.3) is 16.6 Å². The molecule has 10 nitrogen and oxygen atoms in total. The predicted molar refractivity (Wildman–Crippen MR) is 136 cm³/mol. The number of carbonyl (C=O) groups excluding carboxylic acids is 2. The number of aromatic amines is 1. The highest BCUT2D eigenvalue weighted by Crippen LogP contribution is 2.29. The van der Waals surface area contributed by atoms with Gasteiger partial charge in [-0.05, 0) is 42.7 Å². The number of aromatic nitrogens is 4. The molecule has 0 unspecified atom stereocenters. The van der Waals surface area contributed by atoms with Crippen molar-refractivity contribution >= 4 is 34.2 Å². The van der Waals surface area contributed by atoms with Crippen molar-refractivity contribution in [1.82, 2.24) is 30.2 Å². The number of hydrogen-bond acceptors (Lipinski definition) is 6. The highest BCUT2D eigenvalue weighted by molar-refractivity contribution is 5.93. The molecule has 0 radical (unpaired) electrons. The van der Waals surface area contributed by atoms with Crippen LogP contribution in [0.4, 0.5) is 10.5 Å². The number of ether oxygens (including phenoxy) is 1. The number of carbonyl (C=O) groups is 2. The summed E-state index contributed by atoms with van der Waals surface area (Å²) < 4.78 is 5.87. The summed E-state index contributed by atoms with van der Waals surface area (Å²) in [6.07, 6.45) is 7.74. The summed E-state index contributed by atoms with van der Waals surface area (Å²) in [6, 6.07) is 10.1. The molecule has 1 aromatic carbocycles. The summed E-state index contributed by atoms with van der Waals surface area (Å²) in [5.74, 6) is 0.696. The maximum absolute atomic E-state index is 12.9. The Morgan fingerprint density at radius 1 is 1.11 bits per heavy atom. The molecule has 0 saturated carbocycles. The van der Waals surface area contributed by atoms with Crippen LogP contribution in [-0.2, 0) is 0 Å². The number of benzene rings is 1. The zero-order valence-corrected chi connectivity index (χ0v) is 19.9. The van der Waals surface area contributed by atoms with Gasteiger partial charge in [-0.25, -0.2) is 14.8 Å². The van der Waals surface area contributed by atoms with Gasteiger partial charge in [0.25, 0.3) is 5.91 Å². The number of urea groups is 1. The van der Waals surface area contributed by atoms with Crippen LogP contribution in [-0.4, -0.2) is 56.9 Å². The first kappa shape index (κ1) is 23.0. The summed E-state index contributed by atoms with van der Waals surface area (Å²) in [4.78, 5) is 42.5. The third-order valence-electron chi connectivity index (χ3n) is 5.98. The van der Waals surface area contributed by atoms with Gasteiger partial charge in [-0.2, -0.15) is 0 Å². The van der Waals surface area contributed by atoms with E-state index >= 15 is 0 Å². The summed E-state index contributed by atoms with van der Waals surface area (Å²) in [5.41, 5.74) is 4.80. The number of fused-ring (bicyclic) bond motifs is 1. The smallest absolute Gasteiger partial charge is 0.322 e. The van der Waals surface area contributed by atoms with Crippen LogP contribution in [0, 0.1) is 6.92 Å². The molecule has 0 fully saturated rings. The van der Waals surface area contributed by atoms with E-state index in [1.54, 1.807) is 54.7 Å². The third kappa shape index (κ3) is 4.74. The second-order valence-corrected chi connectivity index (χ2v) is 8.36. The molecule has 0 bridgehead atoms. The molecular formula is C26H25N7O3. The van der Waals surface area contributed by atoms with Gasteiger partial charge in [-0.3, -0.25) is 9.78 Å². The van der Waals surface area contributed by atoms with E-state index in [0.29, 0.717) is 36.7 Å². The second kappa shape index (κ2) is 9.87. The number of aryl methyl sites for hydroxylation is 1. The first-order chi connectivity index (χ1) is 17.5. The number of hydrogen-bond donors (Lipinski definition) is 3. The molecule has 5 rings (SSSR count). The number of nitrogens with zero attached hydrogens (tertiary/aromatic N) is 4. The molecule has 10 heteroatoms. The van der Waals surface area contributed by atoms with Gasteiger partial charge in [0.05, 0.1) is 5.69 Å². The molecule has 4 aromatic rings. The molecule has 3 aromatic heterocycles. The van der Waals surface area contributed by atoms with E-state index in [1.165, 1.54) is 6.20 Å². The quantitative estimate of drug-likeness (QED) is 0.392. The average molecular weight is 484 g/mol. The third-order valence-corrected chi connectivity index (χ3v) is 5.98. The van der Waals surface area contributed by atoms with Gasteiger partial charge in [0.15, 0.2) is 0 Å². The Bertz CT molecular complexity index is 1480. The van der Waals surface area contributed by atoms with Gasteiger partial charge in [0.2, 0.25) is 0 Å². The molecule has 1 aliphatic heterocycles. The summed E-state index contributed by atoms with van der Waals surface area (Å²) in [5, 5.41) is 6.49. The maximum atomic E-state index is 12.9. The number of H-pyrrole nitrogens is 1. The Balaban J connectivity index is 1.25. The van der Waals surface area contributed by atoms with Gasteiger partial charge in [-0.1, -0.05) is 12.1 Å². The van der Waals surface area contributed by atoms with E-state index in [2.05, 4.69) is 30.6 Å². The highest BCUT2D eigenvalue weighted by Gasteiger charge is 2.21. The number of rotatable bonds is 5. The Morgan fingerprint density at radius 2 is 1.97 bits per heavy atom. The van der Waals surface area contributed by atoms with E-state index in [4.69, 9.17) is 4.74 Å². The normalized spacial score (nSPS) is 13.3. The Labute approximate surface area is 207 Å². The van der Waals surface area contributed by atoms with E-state index in [0.717, 1.165) is 27.9 Å². The minimum Gasteiger partial charge on any atom is -0.457 e. The molecule has 0 saturated heterocycles. The molecule has 0 atom stereocenters. The average Bonchev–Trinajstić information content (AvgIpc) is 3.29. The number of amides is 3. The standard InChI is InChI=1S/C26H25N7O3/c1-16-14-29-24-22(16)23(30-15-31-24)17-7-10-33(11-8-17)26(35)32-18-4-3-5-19(12-18)36-20-6-9-28-21(13-20)25(34)27-2/h3-7,9,12-15H,8,10-11H2,1-2H3,(H,27,34)(H,32,35)(H,29,30,31). The Hall–Kier alpha value is -4.73. The monoisotopic (exact) mass is 483 g/mol. The minimum absolute atomic E-state index is 0.195. The number of pyridine rings is 1. The lowest BCUT2D eigenvalue weighted by molar-refractivity contribution is 0.0957. The second-order valence-electron chi connectivity index (χ2n) is 8.36. The fraction of sp³-hybridized carbons (Fsp3) is 0.192. The Morgan fingerprint density at radius 3 is 2.78 bits per heavy atom. The lowest BCUT2D eigenvalue weighted by Crippen LogP contribution is -2.37. The van der Waals surface area contributed by atoms with Crippen molar-refractivity contribution in [2.75, 3.05) is 25.5 Å². The molecule has 3 amide bonds. The van der Waals surface area contributed by atoms with Crippen molar-refractivity contribution in [3.63, 3.8) is 0 Å². The number of nitrogens with one attached hydrogen (secondary N) is 3. The van der Waals surface area contributed by atoms with Crippen LogP contribution in [0.2, 0.25) is 0 Å². The van der Waals surface area contributed by atoms with Crippen molar-refractivity contribution in [3.05, 3.63) is 78.1 Å². The van der Waals surface area contributed by atoms with Crippen LogP contribution in [0.1, 0.15) is 28.2 Å². The van der Waals surface area contributed by atoms with Gasteiger partial charge in [0, 0.05) is 55.7 Å². The highest BCUT2D eigenvalue weighted by atomic mass is 16.5. The van der Waals surface area contributed by atoms with Crippen LogP contribution < -0.4 is 15.4 Å². The molecule has 3 N–H and O–H groups in total. The van der Waals surface area contributed by atoms with Crippen LogP contribution >= 0.6 is 0 Å². The van der Waals surface area contributed by atoms with E-state index < -0.39 is 0 Å². The largest absolute Gasteiger partial charge is 0.457 e. The van der Waals surface area contributed by atoms with Crippen molar-refractivity contribution in [2.45, 2.75) is 13.3 Å². The molecule has 1 aliphatic rings. The molecule has 4 heterocycles. The number of anilines is 1. The van der Waals surface area contributed by atoms with Crippen LogP contribution in [0.5, 0.6) is 11.5 Å². The summed E-state index contributed by atoms with van der Waals surface area (Å²) in [7, 11) is 1.54. The fourth-order valence-corrected chi connectivity index (χ4v) is 4.13. The molecule has 0 spiro atoms. The maximum Gasteiger partial charge on any atom is 0.322 e. The zero-order valence-electron chi connectivity index (χ0n) is 19.9. The predicted octanol–water partition coefficient (Wildman–Crippen LogP) is 4.13. The van der Waals surface area contributed by atoms with Crippen molar-refractivity contribution in [2.24, 2.45) is 0 Å². The van der Waals surface area contributed by atoms with Crippen LogP contribution in [0.3, 0.4) is 0 Å². The van der Waals surface area contributed by atoms with Crippen LogP contribution in [0.15, 0.2) is 61.2 Å². The molecule has 36 heavy (non-hydrogen) atoms. The van der Waals surface area contributed by atoms with Gasteiger partial charge >= 0.3 is 6.03 Å². The Kier molecular flexibility index (Phi) is 6.31. The summed E-state index contributed by atoms with van der Waals surface area (Å²) in [6.45, 7) is 3.08. The van der Waals surface area contributed by atoms with Gasteiger partial charge < -0.3 is 25.3 Å². The molecular weight excluding hydrogens is 458 g/mol. The van der Waals surface area contributed by atoms with Gasteiger partial charge in [-0.15, -0.1) is 0 Å². The topological polar surface area (TPSA) is 125 Å². The van der Waals surface area contributed by atoms with E-state index in [1.807, 2.05) is 19.2 Å². The first-order valence-corrected chi connectivity index (χ1v) is 11.5. The lowest BCUT2D eigenvalue weighted by atomic mass is 10.0. The summed E-state index contributed by atoms with van der Waals surface area (Å²) >= 11 is 0. The minimum atomic E-state index is -0.299. The molecule has 0 aliphatic carbocycles. The van der Waals surface area contributed by atoms with Crippen molar-refractivity contribution in [1.29, 1.82) is 0 Å². The first-order valence-electron chi connectivity index (χ1n) is 11.5. The lowest BCUT2D eigenvalue weighted by Gasteiger charge is -2.26.